The standard InChI is InChI=1S/C22H21ClN6O3/c23-17-10-14(9-15(12-30)25-17)18-19(13-5-2-1-3-6-13)26-21(24)29-20(18)27-28(22(29)31)11-16-7-4-8-32-16/h1-3,5-6,9-10,16,30H,4,7-8,11-12H2,(H2,24,26)/t16-/m1/s1/i1D,2D,3D,5D,6D. The van der Waals surface area contributed by atoms with Crippen molar-refractivity contribution in [1.29, 1.82) is 0 Å². The van der Waals surface area contributed by atoms with Crippen LogP contribution in [-0.2, 0) is 17.9 Å². The van der Waals surface area contributed by atoms with E-state index < -0.39 is 42.5 Å². The van der Waals surface area contributed by atoms with Crippen molar-refractivity contribution >= 4 is 23.2 Å². The molecule has 0 spiro atoms. The maximum Gasteiger partial charge on any atom is 0.353 e. The number of anilines is 1. The number of hydrogen-bond donors (Lipinski definition) is 2. The van der Waals surface area contributed by atoms with Crippen LogP contribution < -0.4 is 11.4 Å². The zero-order valence-corrected chi connectivity index (χ0v) is 17.5. The minimum Gasteiger partial charge on any atom is -0.390 e. The summed E-state index contributed by atoms with van der Waals surface area (Å²) in [5, 5.41) is 14.2. The Labute approximate surface area is 195 Å². The number of aliphatic hydroxyl groups excluding tert-OH is 1. The number of pyridine rings is 1. The molecule has 9 nitrogen and oxygen atoms in total. The van der Waals surface area contributed by atoms with Gasteiger partial charge in [0.15, 0.2) is 5.65 Å². The highest BCUT2D eigenvalue weighted by atomic mass is 35.5. The second kappa shape index (κ2) is 8.34. The summed E-state index contributed by atoms with van der Waals surface area (Å²) in [6.07, 6.45) is 1.41. The fourth-order valence-electron chi connectivity index (χ4n) is 3.79. The van der Waals surface area contributed by atoms with E-state index in [0.717, 1.165) is 17.2 Å². The molecule has 10 heteroatoms. The van der Waals surface area contributed by atoms with Gasteiger partial charge in [-0.2, -0.15) is 0 Å². The van der Waals surface area contributed by atoms with Gasteiger partial charge in [0.25, 0.3) is 0 Å². The molecule has 0 radical (unpaired) electrons. The first-order valence-electron chi connectivity index (χ1n) is 12.4. The maximum atomic E-state index is 13.3. The Kier molecular flexibility index (Phi) is 4.05. The molecule has 1 aromatic carbocycles. The SMILES string of the molecule is [2H]c1c([2H])c([2H])c(-c2nc(N)n3c(=O)n(C[C@H]4CCCO4)nc3c2-c2cc(Cl)nc(CO)c2)c([2H])c1[2H]. The summed E-state index contributed by atoms with van der Waals surface area (Å²) in [5.41, 5.74) is 5.96. The first kappa shape index (κ1) is 15.5. The molecule has 32 heavy (non-hydrogen) atoms. The molecule has 1 atom stereocenters. The van der Waals surface area contributed by atoms with E-state index in [2.05, 4.69) is 15.1 Å². The number of halogens is 1. The molecule has 4 heterocycles. The Bertz CT molecular complexity index is 1590. The van der Waals surface area contributed by atoms with Crippen LogP contribution in [0.1, 0.15) is 25.4 Å². The lowest BCUT2D eigenvalue weighted by Crippen LogP contribution is -2.28. The lowest BCUT2D eigenvalue weighted by atomic mass is 10.00. The van der Waals surface area contributed by atoms with Crippen LogP contribution in [0.25, 0.3) is 28.0 Å². The second-order valence-electron chi connectivity index (χ2n) is 7.28. The quantitative estimate of drug-likeness (QED) is 0.442. The smallest absolute Gasteiger partial charge is 0.353 e. The third kappa shape index (κ3) is 3.64. The third-order valence-corrected chi connectivity index (χ3v) is 5.38. The molecule has 164 valence electrons. The molecule has 1 fully saturated rings. The average Bonchev–Trinajstić information content (AvgIpc) is 3.49. The fraction of sp³-hybridized carbons (Fsp3) is 0.273. The first-order chi connectivity index (χ1) is 17.6. The lowest BCUT2D eigenvalue weighted by Gasteiger charge is -2.13. The van der Waals surface area contributed by atoms with Crippen molar-refractivity contribution in [1.82, 2.24) is 24.1 Å². The molecule has 0 unspecified atom stereocenters. The summed E-state index contributed by atoms with van der Waals surface area (Å²) in [7, 11) is 0. The molecule has 3 N–H and O–H groups in total. The Morgan fingerprint density at radius 1 is 1.25 bits per heavy atom. The third-order valence-electron chi connectivity index (χ3n) is 5.19. The van der Waals surface area contributed by atoms with Crippen molar-refractivity contribution in [3.05, 3.63) is 63.7 Å². The van der Waals surface area contributed by atoms with Gasteiger partial charge in [-0.3, -0.25) is 0 Å². The molecule has 3 aromatic heterocycles. The van der Waals surface area contributed by atoms with E-state index in [1.807, 2.05) is 0 Å². The number of nitrogens with zero attached hydrogens (tertiary/aromatic N) is 5. The van der Waals surface area contributed by atoms with Gasteiger partial charge >= 0.3 is 5.69 Å². The van der Waals surface area contributed by atoms with Crippen LogP contribution in [0.5, 0.6) is 0 Å². The minimum absolute atomic E-state index is 0.0182. The maximum absolute atomic E-state index is 13.3. The molecule has 1 saturated heterocycles. The van der Waals surface area contributed by atoms with Gasteiger partial charge in [0, 0.05) is 12.2 Å². The number of ether oxygens (including phenoxy) is 1. The minimum atomic E-state index is -0.577. The molecular formula is C22H21ClN6O3. The van der Waals surface area contributed by atoms with Gasteiger partial charge in [-0.25, -0.2) is 23.8 Å². The predicted octanol–water partition coefficient (Wildman–Crippen LogP) is 2.53. The van der Waals surface area contributed by atoms with Gasteiger partial charge in [-0.15, -0.1) is 5.10 Å². The number of benzene rings is 1. The van der Waals surface area contributed by atoms with Crippen LogP contribution in [0.3, 0.4) is 0 Å². The highest BCUT2D eigenvalue weighted by Gasteiger charge is 2.24. The van der Waals surface area contributed by atoms with Gasteiger partial charge in [0.2, 0.25) is 5.95 Å². The molecular weight excluding hydrogens is 432 g/mol. The van der Waals surface area contributed by atoms with E-state index in [1.54, 1.807) is 0 Å². The van der Waals surface area contributed by atoms with Gasteiger partial charge < -0.3 is 15.6 Å². The van der Waals surface area contributed by atoms with Gasteiger partial charge in [0.05, 0.1) is 43.1 Å². The van der Waals surface area contributed by atoms with Gasteiger partial charge in [-0.1, -0.05) is 41.8 Å². The molecule has 0 aliphatic carbocycles. The normalized spacial score (nSPS) is 18.3. The number of aliphatic hydroxyl groups is 1. The van der Waals surface area contributed by atoms with E-state index in [9.17, 15) is 9.90 Å². The van der Waals surface area contributed by atoms with E-state index in [-0.39, 0.29) is 51.9 Å². The largest absolute Gasteiger partial charge is 0.390 e. The Balaban J connectivity index is 1.90. The van der Waals surface area contributed by atoms with E-state index in [4.69, 9.17) is 28.9 Å². The molecule has 0 saturated carbocycles. The Hall–Kier alpha value is -3.27. The average molecular weight is 458 g/mol. The van der Waals surface area contributed by atoms with Crippen LogP contribution in [0.4, 0.5) is 5.95 Å². The number of fused-ring (bicyclic) bond motifs is 1. The number of aromatic nitrogens is 5. The summed E-state index contributed by atoms with van der Waals surface area (Å²) in [6, 6.07) is 0.220. The van der Waals surface area contributed by atoms with Crippen LogP contribution in [0.15, 0.2) is 47.1 Å². The predicted molar refractivity (Wildman–Crippen MR) is 120 cm³/mol. The van der Waals surface area contributed by atoms with Gasteiger partial charge in [-0.05, 0) is 30.5 Å². The zero-order valence-electron chi connectivity index (χ0n) is 21.7. The molecule has 0 bridgehead atoms. The highest BCUT2D eigenvalue weighted by molar-refractivity contribution is 6.29. The molecule has 5 rings (SSSR count). The molecule has 0 amide bonds. The molecule has 4 aromatic rings. The number of hydrogen-bond acceptors (Lipinski definition) is 7. The van der Waals surface area contributed by atoms with Crippen molar-refractivity contribution in [2.45, 2.75) is 32.1 Å². The van der Waals surface area contributed by atoms with Crippen molar-refractivity contribution in [2.75, 3.05) is 12.3 Å². The first-order valence-corrected chi connectivity index (χ1v) is 10.3. The summed E-state index contributed by atoms with van der Waals surface area (Å²) >= 11 is 6.21. The highest BCUT2D eigenvalue weighted by Crippen LogP contribution is 2.35. The Morgan fingerprint density at radius 3 is 2.78 bits per heavy atom. The molecule has 1 aliphatic rings. The van der Waals surface area contributed by atoms with E-state index in [0.29, 0.717) is 12.2 Å². The summed E-state index contributed by atoms with van der Waals surface area (Å²) < 4.78 is 49.1. The number of nitrogen functional groups attached to an aromatic ring is 1. The number of nitrogens with two attached hydrogens (primary N) is 1. The topological polar surface area (TPSA) is 121 Å². The Morgan fingerprint density at radius 2 is 2.06 bits per heavy atom. The van der Waals surface area contributed by atoms with Crippen molar-refractivity contribution in [3.63, 3.8) is 0 Å². The van der Waals surface area contributed by atoms with E-state index >= 15 is 0 Å². The van der Waals surface area contributed by atoms with E-state index in [1.165, 1.54) is 16.8 Å². The second-order valence-corrected chi connectivity index (χ2v) is 7.67. The van der Waals surface area contributed by atoms with Crippen molar-refractivity contribution < 1.29 is 16.7 Å². The zero-order chi connectivity index (χ0) is 26.6. The van der Waals surface area contributed by atoms with Crippen LogP contribution >= 0.6 is 11.6 Å². The summed E-state index contributed by atoms with van der Waals surface area (Å²) in [5.74, 6) is -0.285. The van der Waals surface area contributed by atoms with Crippen LogP contribution in [-0.4, -0.2) is 42.0 Å². The van der Waals surface area contributed by atoms with Crippen LogP contribution in [0, 0.1) is 0 Å². The van der Waals surface area contributed by atoms with Crippen molar-refractivity contribution in [2.24, 2.45) is 0 Å². The number of rotatable bonds is 5. The summed E-state index contributed by atoms with van der Waals surface area (Å²) in [6.45, 7) is 0.305. The monoisotopic (exact) mass is 457 g/mol. The van der Waals surface area contributed by atoms with Crippen LogP contribution in [0.2, 0.25) is 5.15 Å². The van der Waals surface area contributed by atoms with Gasteiger partial charge in [0.1, 0.15) is 5.15 Å². The fourth-order valence-corrected chi connectivity index (χ4v) is 4.02. The molecule has 1 aliphatic heterocycles. The summed E-state index contributed by atoms with van der Waals surface area (Å²) in [4.78, 5) is 21.7. The van der Waals surface area contributed by atoms with Crippen molar-refractivity contribution in [3.8, 4) is 22.4 Å². The lowest BCUT2D eigenvalue weighted by molar-refractivity contribution is 0.0931.